The van der Waals surface area contributed by atoms with Crippen LogP contribution in [0.2, 0.25) is 0 Å². The highest BCUT2D eigenvalue weighted by molar-refractivity contribution is 8.05. The minimum atomic E-state index is -0.283. The van der Waals surface area contributed by atoms with Crippen molar-refractivity contribution in [2.45, 2.75) is 37.5 Å². The highest BCUT2D eigenvalue weighted by Gasteiger charge is 2.28. The van der Waals surface area contributed by atoms with E-state index in [-0.39, 0.29) is 17.1 Å². The zero-order valence-electron chi connectivity index (χ0n) is 18.5. The van der Waals surface area contributed by atoms with Gasteiger partial charge in [0.05, 0.1) is 23.0 Å². The third-order valence-electron chi connectivity index (χ3n) is 6.02. The number of likely N-dealkylation sites (tertiary alicyclic amines) is 1. The van der Waals surface area contributed by atoms with E-state index in [2.05, 4.69) is 22.1 Å². The number of fused-ring (bicyclic) bond motifs is 1. The number of ether oxygens (including phenoxy) is 1. The number of piperidine rings is 1. The first kappa shape index (κ1) is 22.6. The number of hydrogen-bond acceptors (Lipinski definition) is 5. The Bertz CT molecular complexity index is 1010. The first-order chi connectivity index (χ1) is 15.5. The largest absolute Gasteiger partial charge is 0.497 e. The van der Waals surface area contributed by atoms with Gasteiger partial charge < -0.3 is 10.1 Å². The van der Waals surface area contributed by atoms with Crippen LogP contribution in [0.3, 0.4) is 0 Å². The second kappa shape index (κ2) is 10.3. The highest BCUT2D eigenvalue weighted by atomic mass is 32.2. The maximum atomic E-state index is 12.6. The predicted octanol–water partition coefficient (Wildman–Crippen LogP) is 3.61. The highest BCUT2D eigenvalue weighted by Crippen LogP contribution is 2.34. The van der Waals surface area contributed by atoms with Crippen molar-refractivity contribution in [3.05, 3.63) is 58.5 Å². The Balaban J connectivity index is 1.38. The van der Waals surface area contributed by atoms with Crippen LogP contribution in [-0.4, -0.2) is 60.5 Å². The molecule has 1 aromatic rings. The molecule has 2 heterocycles. The van der Waals surface area contributed by atoms with Crippen molar-refractivity contribution in [2.75, 3.05) is 26.7 Å². The molecule has 1 N–H and O–H groups in total. The maximum absolute atomic E-state index is 12.6. The number of rotatable bonds is 6. The summed E-state index contributed by atoms with van der Waals surface area (Å²) in [4.78, 5) is 32.5. The van der Waals surface area contributed by atoms with E-state index in [9.17, 15) is 9.59 Å². The summed E-state index contributed by atoms with van der Waals surface area (Å²) in [6, 6.07) is 8.13. The standard InChI is InChI=1S/C25H29N3O3S/c1-17-6-3-4-12-28(17)13-11-26-24(29)19-9-10-22-21(16-19)27-25(30)23(32-22)15-18-7-5-8-20(14-18)31-2/h5,7-10,14-17,22H,3-4,6,11-13H2,1-2H3,(H,26,29)/b23-15+. The average Bonchev–Trinajstić information content (AvgIpc) is 2.80. The van der Waals surface area contributed by atoms with Crippen molar-refractivity contribution in [3.8, 4) is 5.75 Å². The van der Waals surface area contributed by atoms with Gasteiger partial charge in [-0.15, -0.1) is 11.8 Å². The Morgan fingerprint density at radius 2 is 2.25 bits per heavy atom. The Kier molecular flexibility index (Phi) is 7.27. The summed E-state index contributed by atoms with van der Waals surface area (Å²) in [5, 5.41) is 2.94. The SMILES string of the molecule is COc1cccc(/C=C2/SC3C=CC(C(=O)NCCN4CCCCC4C)=CC3=NC2=O)c1. The third kappa shape index (κ3) is 5.40. The van der Waals surface area contributed by atoms with Gasteiger partial charge in [0.15, 0.2) is 0 Å². The number of nitrogens with one attached hydrogen (secondary N) is 1. The number of amides is 2. The molecule has 2 unspecified atom stereocenters. The summed E-state index contributed by atoms with van der Waals surface area (Å²) in [7, 11) is 1.62. The normalized spacial score (nSPS) is 24.6. The van der Waals surface area contributed by atoms with Gasteiger partial charge in [-0.05, 0) is 56.2 Å². The molecule has 1 fully saturated rings. The fourth-order valence-corrected chi connectivity index (χ4v) is 5.18. The Hall–Kier alpha value is -2.64. The van der Waals surface area contributed by atoms with Crippen molar-refractivity contribution in [3.63, 3.8) is 0 Å². The Labute approximate surface area is 193 Å². The molecule has 0 radical (unpaired) electrons. The number of carbonyl (C=O) groups excluding carboxylic acids is 2. The molecule has 168 valence electrons. The lowest BCUT2D eigenvalue weighted by Crippen LogP contribution is -2.42. The third-order valence-corrected chi connectivity index (χ3v) is 7.22. The summed E-state index contributed by atoms with van der Waals surface area (Å²) >= 11 is 1.45. The van der Waals surface area contributed by atoms with Gasteiger partial charge in [0.2, 0.25) is 0 Å². The molecule has 2 aliphatic heterocycles. The van der Waals surface area contributed by atoms with Crippen molar-refractivity contribution < 1.29 is 14.3 Å². The maximum Gasteiger partial charge on any atom is 0.283 e. The van der Waals surface area contributed by atoms with Crippen LogP contribution < -0.4 is 10.1 Å². The monoisotopic (exact) mass is 451 g/mol. The van der Waals surface area contributed by atoms with E-state index >= 15 is 0 Å². The van der Waals surface area contributed by atoms with Gasteiger partial charge >= 0.3 is 0 Å². The van der Waals surface area contributed by atoms with E-state index in [1.165, 1.54) is 31.0 Å². The molecule has 0 saturated carbocycles. The summed E-state index contributed by atoms with van der Waals surface area (Å²) < 4.78 is 5.25. The predicted molar refractivity (Wildman–Crippen MR) is 130 cm³/mol. The van der Waals surface area contributed by atoms with Crippen molar-refractivity contribution in [1.29, 1.82) is 0 Å². The molecule has 2 atom stereocenters. The number of benzene rings is 1. The van der Waals surface area contributed by atoms with Crippen LogP contribution in [-0.2, 0) is 9.59 Å². The molecule has 0 bridgehead atoms. The van der Waals surface area contributed by atoms with Gasteiger partial charge in [-0.2, -0.15) is 0 Å². The van der Waals surface area contributed by atoms with Gasteiger partial charge in [-0.3, -0.25) is 14.5 Å². The Morgan fingerprint density at radius 3 is 3.06 bits per heavy atom. The second-order valence-corrected chi connectivity index (χ2v) is 9.44. The van der Waals surface area contributed by atoms with Crippen LogP contribution >= 0.6 is 11.8 Å². The smallest absolute Gasteiger partial charge is 0.283 e. The first-order valence-electron chi connectivity index (χ1n) is 11.1. The lowest BCUT2D eigenvalue weighted by molar-refractivity contribution is -0.117. The first-order valence-corrected chi connectivity index (χ1v) is 12.0. The van der Waals surface area contributed by atoms with Crippen LogP contribution in [0.4, 0.5) is 0 Å². The number of carbonyl (C=O) groups is 2. The van der Waals surface area contributed by atoms with Gasteiger partial charge in [0, 0.05) is 24.7 Å². The molecule has 0 aromatic heterocycles. The Morgan fingerprint density at radius 1 is 1.38 bits per heavy atom. The molecule has 1 saturated heterocycles. The molecule has 7 heteroatoms. The topological polar surface area (TPSA) is 71.0 Å². The van der Waals surface area contributed by atoms with E-state index < -0.39 is 0 Å². The molecule has 1 aliphatic carbocycles. The molecular formula is C25H29N3O3S. The zero-order valence-corrected chi connectivity index (χ0v) is 19.4. The zero-order chi connectivity index (χ0) is 22.5. The van der Waals surface area contributed by atoms with Gasteiger partial charge in [-0.25, -0.2) is 4.99 Å². The number of nitrogens with zero attached hydrogens (tertiary/aromatic N) is 2. The van der Waals surface area contributed by atoms with Crippen LogP contribution in [0.5, 0.6) is 5.75 Å². The minimum absolute atomic E-state index is 0.0738. The molecule has 0 spiro atoms. The van der Waals surface area contributed by atoms with E-state index in [4.69, 9.17) is 4.74 Å². The van der Waals surface area contributed by atoms with Crippen LogP contribution in [0, 0.1) is 0 Å². The summed E-state index contributed by atoms with van der Waals surface area (Å²) in [6.07, 6.45) is 11.1. The molecule has 2 amide bonds. The lowest BCUT2D eigenvalue weighted by atomic mass is 10.0. The number of hydrogen-bond donors (Lipinski definition) is 1. The van der Waals surface area contributed by atoms with Gasteiger partial charge in [-0.1, -0.05) is 30.7 Å². The molecular weight excluding hydrogens is 422 g/mol. The number of allylic oxidation sites excluding steroid dienone is 1. The number of thioether (sulfide) groups is 1. The van der Waals surface area contributed by atoms with Gasteiger partial charge in [0.25, 0.3) is 11.8 Å². The van der Waals surface area contributed by atoms with E-state index in [0.717, 1.165) is 24.4 Å². The van der Waals surface area contributed by atoms with Crippen LogP contribution in [0.25, 0.3) is 6.08 Å². The second-order valence-electron chi connectivity index (χ2n) is 8.26. The molecule has 6 nitrogen and oxygen atoms in total. The molecule has 32 heavy (non-hydrogen) atoms. The van der Waals surface area contributed by atoms with Gasteiger partial charge in [0.1, 0.15) is 5.75 Å². The minimum Gasteiger partial charge on any atom is -0.497 e. The fraction of sp³-hybridized carbons (Fsp3) is 0.400. The fourth-order valence-electron chi connectivity index (χ4n) is 4.16. The van der Waals surface area contributed by atoms with Crippen molar-refractivity contribution in [2.24, 2.45) is 4.99 Å². The van der Waals surface area contributed by atoms with Crippen molar-refractivity contribution >= 4 is 35.4 Å². The summed E-state index contributed by atoms with van der Waals surface area (Å²) in [5.41, 5.74) is 2.05. The van der Waals surface area contributed by atoms with Crippen LogP contribution in [0.15, 0.2) is 58.0 Å². The molecule has 1 aromatic carbocycles. The number of methoxy groups -OCH3 is 1. The van der Waals surface area contributed by atoms with Crippen LogP contribution in [0.1, 0.15) is 31.7 Å². The average molecular weight is 452 g/mol. The van der Waals surface area contributed by atoms with E-state index in [1.807, 2.05) is 42.5 Å². The molecule has 4 rings (SSSR count). The summed E-state index contributed by atoms with van der Waals surface area (Å²) in [5.74, 6) is 0.333. The number of aliphatic imine (C=N–C) groups is 1. The molecule has 3 aliphatic rings. The van der Waals surface area contributed by atoms with Crippen molar-refractivity contribution in [1.82, 2.24) is 10.2 Å². The van der Waals surface area contributed by atoms with E-state index in [0.29, 0.717) is 28.8 Å². The van der Waals surface area contributed by atoms with E-state index in [1.54, 1.807) is 13.2 Å². The summed E-state index contributed by atoms with van der Waals surface area (Å²) in [6.45, 7) is 4.83. The lowest BCUT2D eigenvalue weighted by Gasteiger charge is -2.33. The quantitative estimate of drug-likeness (QED) is 0.669.